The molecule has 0 spiro atoms. The first-order valence-corrected chi connectivity index (χ1v) is 36.9. The Bertz CT molecular complexity index is 3140. The first-order valence-electron chi connectivity index (χ1n) is 36.9. The Morgan fingerprint density at radius 1 is 0.606 bits per heavy atom. The second-order valence-electron chi connectivity index (χ2n) is 30.0. The van der Waals surface area contributed by atoms with Gasteiger partial charge in [0.05, 0.1) is 6.10 Å². The number of ether oxygens (including phenoxy) is 1. The van der Waals surface area contributed by atoms with Crippen molar-refractivity contribution in [1.82, 2.24) is 68.7 Å². The molecular weight excluding hydrogens is 1340 g/mol. The Labute approximate surface area is 613 Å². The van der Waals surface area contributed by atoms with Gasteiger partial charge in [-0.15, -0.1) is 0 Å². The van der Waals surface area contributed by atoms with Crippen LogP contribution in [0, 0.1) is 47.3 Å². The highest BCUT2D eigenvalue weighted by Gasteiger charge is 2.44. The number of rotatable bonds is 32. The normalized spacial score (nSPS) is 22.4. The number of cyclic esters (lactones) is 1. The summed E-state index contributed by atoms with van der Waals surface area (Å²) >= 11 is 0. The van der Waals surface area contributed by atoms with Gasteiger partial charge < -0.3 is 84.3 Å². The van der Waals surface area contributed by atoms with Crippen LogP contribution in [-0.4, -0.2) is 191 Å². The number of hydrogen-bond donors (Lipinski definition) is 14. The highest BCUT2D eigenvalue weighted by molar-refractivity contribution is 6.03. The maximum absolute atomic E-state index is 15.0. The van der Waals surface area contributed by atoms with Gasteiger partial charge in [-0.2, -0.15) is 0 Å². The van der Waals surface area contributed by atoms with Crippen molar-refractivity contribution in [2.75, 3.05) is 13.1 Å². The van der Waals surface area contributed by atoms with Crippen LogP contribution in [0.2, 0.25) is 0 Å². The summed E-state index contributed by atoms with van der Waals surface area (Å²) < 4.78 is 5.94. The van der Waals surface area contributed by atoms with Crippen LogP contribution >= 0.6 is 0 Å². The molecule has 30 heteroatoms. The fourth-order valence-corrected chi connectivity index (χ4v) is 12.0. The highest BCUT2D eigenvalue weighted by atomic mass is 16.5. The Hall–Kier alpha value is -8.54. The van der Waals surface area contributed by atoms with E-state index in [1.165, 1.54) is 31.7 Å². The minimum Gasteiger partial charge on any atom is -0.458 e. The Balaban J connectivity index is 1.98. The largest absolute Gasteiger partial charge is 0.458 e. The first kappa shape index (κ1) is 89.7. The van der Waals surface area contributed by atoms with Crippen molar-refractivity contribution >= 4 is 82.8 Å². The molecule has 15 atom stereocenters. The van der Waals surface area contributed by atoms with E-state index in [2.05, 4.69) is 63.8 Å². The lowest BCUT2D eigenvalue weighted by atomic mass is 9.95. The van der Waals surface area contributed by atoms with Crippen molar-refractivity contribution in [2.24, 2.45) is 53.1 Å². The number of likely N-dealkylation sites (tertiary alicyclic amines) is 1. The van der Waals surface area contributed by atoms with Crippen molar-refractivity contribution in [3.63, 3.8) is 0 Å². The van der Waals surface area contributed by atoms with E-state index in [1.54, 1.807) is 127 Å². The number of carbonyl (C=O) groups excluding carboxylic acids is 14. The summed E-state index contributed by atoms with van der Waals surface area (Å²) in [6.07, 6.45) is 0.754. The zero-order chi connectivity index (χ0) is 78.7. The number of hydrogen-bond acceptors (Lipinski definition) is 17. The lowest BCUT2D eigenvalue weighted by molar-refractivity contribution is -0.157. The second kappa shape index (κ2) is 43.0. The van der Waals surface area contributed by atoms with Crippen LogP contribution < -0.4 is 69.5 Å². The molecule has 2 aliphatic rings. The Morgan fingerprint density at radius 3 is 1.65 bits per heavy atom. The highest BCUT2D eigenvalue weighted by Crippen LogP contribution is 2.23. The summed E-state index contributed by atoms with van der Waals surface area (Å²) in [5.41, 5.74) is 6.32. The minimum atomic E-state index is -1.83. The number of amides is 13. The molecule has 2 aliphatic heterocycles. The van der Waals surface area contributed by atoms with Crippen molar-refractivity contribution in [1.29, 1.82) is 0 Å². The van der Waals surface area contributed by atoms with E-state index in [9.17, 15) is 72.2 Å². The molecule has 0 bridgehead atoms. The van der Waals surface area contributed by atoms with Crippen LogP contribution in [-0.2, 0) is 78.3 Å². The zero-order valence-electron chi connectivity index (χ0n) is 64.5. The molecule has 3 rings (SSSR count). The number of nitrogens with two attached hydrogens (primary N) is 1. The zero-order valence-corrected chi connectivity index (χ0v) is 64.5. The van der Waals surface area contributed by atoms with E-state index in [0.29, 0.717) is 30.7 Å². The van der Waals surface area contributed by atoms with Crippen LogP contribution in [0.25, 0.3) is 0 Å². The topological polar surface area (TPSA) is 442 Å². The average Bonchev–Trinajstić information content (AvgIpc) is 1.56. The van der Waals surface area contributed by atoms with Gasteiger partial charge in [-0.1, -0.05) is 160 Å². The smallest absolute Gasteiger partial charge is 0.329 e. The van der Waals surface area contributed by atoms with Gasteiger partial charge in [-0.05, 0) is 112 Å². The molecule has 0 aliphatic carbocycles. The second-order valence-corrected chi connectivity index (χ2v) is 30.0. The van der Waals surface area contributed by atoms with Gasteiger partial charge in [0, 0.05) is 19.4 Å². The summed E-state index contributed by atoms with van der Waals surface area (Å²) in [7, 11) is 0. The minimum absolute atomic E-state index is 0.0357. The molecule has 15 unspecified atom stereocenters. The summed E-state index contributed by atoms with van der Waals surface area (Å²) in [5.74, 6) is -15.2. The van der Waals surface area contributed by atoms with Gasteiger partial charge in [0.1, 0.15) is 84.3 Å². The number of nitrogens with zero attached hydrogens (tertiary/aromatic N) is 1. The third-order valence-electron chi connectivity index (χ3n) is 18.7. The summed E-state index contributed by atoms with van der Waals surface area (Å²) in [5, 5.41) is 43.0. The van der Waals surface area contributed by atoms with Crippen molar-refractivity contribution in [3.05, 3.63) is 47.7 Å². The molecule has 30 nitrogen and oxygen atoms in total. The molecule has 0 saturated carbocycles. The van der Waals surface area contributed by atoms with Gasteiger partial charge in [-0.25, -0.2) is 4.79 Å². The third-order valence-corrected chi connectivity index (χ3v) is 18.7. The maximum atomic E-state index is 15.0. The van der Waals surface area contributed by atoms with E-state index in [1.807, 2.05) is 13.8 Å². The van der Waals surface area contributed by atoms with E-state index in [-0.39, 0.29) is 56.8 Å². The number of carbonyl (C=O) groups is 14. The molecule has 15 N–H and O–H groups in total. The van der Waals surface area contributed by atoms with Gasteiger partial charge >= 0.3 is 5.97 Å². The summed E-state index contributed by atoms with van der Waals surface area (Å²) in [4.78, 5) is 201. The predicted molar refractivity (Wildman–Crippen MR) is 391 cm³/mol. The monoisotopic (exact) mass is 1460 g/mol. The quantitative estimate of drug-likeness (QED) is 0.0358. The molecule has 104 heavy (non-hydrogen) atoms. The lowest BCUT2D eigenvalue weighted by Crippen LogP contribution is -2.64. The van der Waals surface area contributed by atoms with Crippen LogP contribution in [0.4, 0.5) is 0 Å². The SMILES string of the molecule is CC=C1NC(=O)C(Cc2ccccc2)NC(=O)C(C(C)C)NC(=O)C(C(C)CC)NC(=O)C(NC(=O)C(NC(=O)C(CCCN)NC(=O)C2CCCN2C(=O)C(NC(=O)C(NC(=O)C(NC(=O)C(NC(=O)CCCC(C)C)C(C)C)C(C)O)C(C)C)C(C)C)C(C)C)C(C)OC(=O)C(C(C)C)NC1=O. The van der Waals surface area contributed by atoms with E-state index < -0.39 is 203 Å². The summed E-state index contributed by atoms with van der Waals surface area (Å²) in [6, 6.07) is -7.69. The number of nitrogens with one attached hydrogen (secondary N) is 12. The molecule has 0 radical (unpaired) electrons. The maximum Gasteiger partial charge on any atom is 0.329 e. The standard InChI is InChI=1S/C74H122N14O16/c1-20-44(17)59-70(99)81-54(39(7)8)66(95)78-50(36-47-29-23-22-24-30-47)64(93)76-48(21-2)62(91)84-58(43(15)16)74(103)104-46(19)61(72(101)85-59)87-69(98)55(40(9)10)80-63(92)49(31-26-34-75)77-65(94)51-32-27-35-88(51)73(102)57(42(13)14)83-68(97)56(41(11)12)82-71(100)60(45(18)89)86-67(96)53(38(5)6)79-52(90)33-25-28-37(3)4/h21-24,29-30,37-46,49-51,53-61,89H,20,25-28,31-36,75H2,1-19H3,(H,76,93)(H,77,94)(H,78,95)(H,79,90)(H,80,92)(H,81,99)(H,82,100)(H,83,97)(H,84,91)(H,85,101)(H,86,96)(H,87,98). The van der Waals surface area contributed by atoms with Crippen LogP contribution in [0.1, 0.15) is 188 Å². The molecule has 2 saturated heterocycles. The Kier molecular flexibility index (Phi) is 37.1. The number of benzene rings is 1. The average molecular weight is 1460 g/mol. The third kappa shape index (κ3) is 27.2. The number of esters is 1. The first-order chi connectivity index (χ1) is 48.7. The number of allylic oxidation sites excluding steroid dienone is 1. The lowest BCUT2D eigenvalue weighted by Gasteiger charge is -2.33. The molecule has 1 aromatic carbocycles. The van der Waals surface area contributed by atoms with E-state index in [4.69, 9.17) is 10.5 Å². The number of aliphatic hydroxyl groups is 1. The van der Waals surface area contributed by atoms with E-state index >= 15 is 0 Å². The molecule has 2 heterocycles. The molecule has 1 aromatic rings. The fourth-order valence-electron chi connectivity index (χ4n) is 12.0. The molecule has 2 fully saturated rings. The van der Waals surface area contributed by atoms with Gasteiger partial charge in [0.2, 0.25) is 70.9 Å². The van der Waals surface area contributed by atoms with Crippen LogP contribution in [0.15, 0.2) is 42.1 Å². The van der Waals surface area contributed by atoms with Gasteiger partial charge in [0.15, 0.2) is 0 Å². The molecular formula is C74H122N14O16. The van der Waals surface area contributed by atoms with Crippen LogP contribution in [0.3, 0.4) is 0 Å². The van der Waals surface area contributed by atoms with Crippen LogP contribution in [0.5, 0.6) is 0 Å². The number of aliphatic hydroxyl groups excluding tert-OH is 1. The fraction of sp³-hybridized carbons (Fsp3) is 0.703. The van der Waals surface area contributed by atoms with Crippen molar-refractivity contribution < 1.29 is 77.0 Å². The predicted octanol–water partition coefficient (Wildman–Crippen LogP) is 1.45. The summed E-state index contributed by atoms with van der Waals surface area (Å²) in [6.45, 7) is 31.5. The van der Waals surface area contributed by atoms with Crippen molar-refractivity contribution in [2.45, 2.75) is 274 Å². The van der Waals surface area contributed by atoms with Gasteiger partial charge in [0.25, 0.3) is 5.91 Å². The molecule has 584 valence electrons. The Morgan fingerprint density at radius 2 is 1.12 bits per heavy atom. The molecule has 13 amide bonds. The van der Waals surface area contributed by atoms with E-state index in [0.717, 1.165) is 6.42 Å². The van der Waals surface area contributed by atoms with Crippen molar-refractivity contribution in [3.8, 4) is 0 Å². The van der Waals surface area contributed by atoms with Gasteiger partial charge in [-0.3, -0.25) is 62.3 Å². The molecule has 0 aromatic heterocycles.